The molecule has 3 aromatic rings. The molecule has 1 N–H and O–H groups in total. The van der Waals surface area contributed by atoms with E-state index in [9.17, 15) is 23.1 Å². The van der Waals surface area contributed by atoms with E-state index in [1.54, 1.807) is 19.1 Å². The van der Waals surface area contributed by atoms with Crippen LogP contribution in [0.2, 0.25) is 5.02 Å². The van der Waals surface area contributed by atoms with Crippen LogP contribution in [0, 0.1) is 24.7 Å². The maximum atomic E-state index is 12.7. The molecule has 0 amide bonds. The number of aryl methyl sites for hydroxylation is 1. The first-order valence-corrected chi connectivity index (χ1v) is 18.7. The van der Waals surface area contributed by atoms with Crippen molar-refractivity contribution in [1.82, 2.24) is 4.98 Å². The summed E-state index contributed by atoms with van der Waals surface area (Å²) in [6, 6.07) is 5.56. The van der Waals surface area contributed by atoms with Crippen LogP contribution in [-0.2, 0) is 23.9 Å². The maximum absolute atomic E-state index is 12.7. The van der Waals surface area contributed by atoms with Gasteiger partial charge in [-0.05, 0) is 67.3 Å². The number of carbonyl (C=O) groups excluding carboxylic acids is 1. The molecule has 0 aliphatic carbocycles. The van der Waals surface area contributed by atoms with Crippen molar-refractivity contribution < 1.29 is 27.8 Å². The molecule has 48 heavy (non-hydrogen) atoms. The van der Waals surface area contributed by atoms with Crippen molar-refractivity contribution in [2.75, 3.05) is 7.11 Å². The third-order valence-electron chi connectivity index (χ3n) is 7.71. The lowest BCUT2D eigenvalue weighted by Gasteiger charge is -2.13. The number of carbonyl (C=O) groups is 1. The second kappa shape index (κ2) is 25.8. The van der Waals surface area contributed by atoms with Gasteiger partial charge in [0.25, 0.3) is 0 Å². The van der Waals surface area contributed by atoms with Crippen molar-refractivity contribution in [2.24, 2.45) is 17.8 Å². The van der Waals surface area contributed by atoms with Gasteiger partial charge in [0.05, 0.1) is 33.0 Å². The van der Waals surface area contributed by atoms with E-state index in [1.165, 1.54) is 37.7 Å². The topological polar surface area (TPSA) is 59.4 Å². The second-order valence-corrected chi connectivity index (χ2v) is 13.9. The number of hydrogen-bond acceptors (Lipinski definition) is 5. The highest BCUT2D eigenvalue weighted by molar-refractivity contribution is 7.18. The molecule has 0 saturated heterocycles. The number of benzene rings is 2. The van der Waals surface area contributed by atoms with Crippen molar-refractivity contribution in [3.8, 4) is 5.75 Å². The molecule has 3 rings (SSSR count). The van der Waals surface area contributed by atoms with Crippen LogP contribution >= 0.6 is 22.9 Å². The Labute approximate surface area is 298 Å². The van der Waals surface area contributed by atoms with E-state index in [-0.39, 0.29) is 18.1 Å². The van der Waals surface area contributed by atoms with Gasteiger partial charge < -0.3 is 9.84 Å². The number of phenolic OH excluding ortho intramolecular Hbond substituents is 1. The highest BCUT2D eigenvalue weighted by Crippen LogP contribution is 2.35. The first-order valence-electron chi connectivity index (χ1n) is 17.5. The van der Waals surface area contributed by atoms with Crippen molar-refractivity contribution in [1.29, 1.82) is 0 Å². The molecule has 0 spiro atoms. The Morgan fingerprint density at radius 2 is 1.46 bits per heavy atom. The van der Waals surface area contributed by atoms with Crippen LogP contribution in [-0.4, -0.2) is 23.0 Å². The predicted molar refractivity (Wildman–Crippen MR) is 202 cm³/mol. The summed E-state index contributed by atoms with van der Waals surface area (Å²) in [5.74, 6) is 2.35. The van der Waals surface area contributed by atoms with E-state index >= 15 is 0 Å². The quantitative estimate of drug-likeness (QED) is 0.201. The molecule has 1 aromatic heterocycles. The van der Waals surface area contributed by atoms with E-state index in [2.05, 4.69) is 60.4 Å². The van der Waals surface area contributed by atoms with Crippen LogP contribution in [0.15, 0.2) is 24.3 Å². The summed E-state index contributed by atoms with van der Waals surface area (Å²) in [7, 11) is 1.45. The molecule has 1 heterocycles. The first-order chi connectivity index (χ1) is 22.5. The standard InChI is InChI=1S/C15H21ClO2.C11H10F3NOS.C6H14.C5H12.C2H6/c1-4-6-14(17)13-9-12(16)8-11(15(13)18)7-10(3)5-2;1-6-15-10-7(5-16-2)3-8(11(12,13)14)4-9(10)17-6;1-4-6(3)5-2;1-4-5(2)3;1-2/h8-10,18H,4-7H2,1-3H3;3-4H,5H2,1-2H3;6H,4-5H2,1-3H3;5H,4H2,1-3H3;1-2H3. The Morgan fingerprint density at radius 1 is 0.917 bits per heavy atom. The van der Waals surface area contributed by atoms with Gasteiger partial charge in [0.1, 0.15) is 5.75 Å². The molecule has 0 radical (unpaired) electrons. The van der Waals surface area contributed by atoms with Crippen LogP contribution in [0.1, 0.15) is 147 Å². The van der Waals surface area contributed by atoms with Gasteiger partial charge >= 0.3 is 6.18 Å². The Kier molecular flexibility index (Phi) is 25.7. The largest absolute Gasteiger partial charge is 0.507 e. The third kappa shape index (κ3) is 18.6. The number of halogens is 4. The Bertz CT molecular complexity index is 1300. The van der Waals surface area contributed by atoms with Crippen molar-refractivity contribution >= 4 is 38.9 Å². The summed E-state index contributed by atoms with van der Waals surface area (Å²) in [6.07, 6.45) is 2.61. The van der Waals surface area contributed by atoms with Crippen LogP contribution < -0.4 is 0 Å². The molecule has 0 aliphatic rings. The van der Waals surface area contributed by atoms with Crippen molar-refractivity contribution in [3.63, 3.8) is 0 Å². The minimum atomic E-state index is -4.34. The summed E-state index contributed by atoms with van der Waals surface area (Å²) in [4.78, 5) is 16.1. The lowest BCUT2D eigenvalue weighted by atomic mass is 9.95. The zero-order valence-electron chi connectivity index (χ0n) is 31.8. The van der Waals surface area contributed by atoms with E-state index in [0.29, 0.717) is 38.7 Å². The van der Waals surface area contributed by atoms with Gasteiger partial charge in [0.2, 0.25) is 0 Å². The highest BCUT2D eigenvalue weighted by atomic mass is 35.5. The molecule has 1 atom stereocenters. The number of methoxy groups -OCH3 is 1. The summed E-state index contributed by atoms with van der Waals surface area (Å²) >= 11 is 7.29. The van der Waals surface area contributed by atoms with Gasteiger partial charge in [-0.3, -0.25) is 4.79 Å². The average Bonchev–Trinajstić information content (AvgIpc) is 3.44. The van der Waals surface area contributed by atoms with Gasteiger partial charge in [-0.2, -0.15) is 13.2 Å². The Balaban J connectivity index is 0. The first kappa shape index (κ1) is 48.0. The number of fused-ring (bicyclic) bond motifs is 1. The summed E-state index contributed by atoms with van der Waals surface area (Å²) < 4.78 is 43.5. The van der Waals surface area contributed by atoms with E-state index in [0.717, 1.165) is 53.8 Å². The fourth-order valence-electron chi connectivity index (χ4n) is 3.83. The summed E-state index contributed by atoms with van der Waals surface area (Å²) in [6.45, 7) is 25.5. The number of hydrogen-bond donors (Lipinski definition) is 1. The molecule has 9 heteroatoms. The number of phenols is 1. The number of aromatic nitrogens is 1. The second-order valence-electron chi connectivity index (χ2n) is 12.2. The monoisotopic (exact) mass is 717 g/mol. The maximum Gasteiger partial charge on any atom is 0.416 e. The molecule has 0 fully saturated rings. The van der Waals surface area contributed by atoms with Gasteiger partial charge in [-0.15, -0.1) is 11.3 Å². The van der Waals surface area contributed by atoms with Crippen LogP contribution in [0.25, 0.3) is 10.2 Å². The van der Waals surface area contributed by atoms with E-state index in [4.69, 9.17) is 16.3 Å². The van der Waals surface area contributed by atoms with Crippen LogP contribution in [0.3, 0.4) is 0 Å². The number of rotatable bonds is 11. The van der Waals surface area contributed by atoms with E-state index < -0.39 is 11.7 Å². The molecule has 0 bridgehead atoms. The van der Waals surface area contributed by atoms with Crippen LogP contribution in [0.4, 0.5) is 13.2 Å². The number of alkyl halides is 3. The number of ketones is 1. The fourth-order valence-corrected chi connectivity index (χ4v) is 4.99. The molecule has 4 nitrogen and oxygen atoms in total. The number of nitrogens with zero attached hydrogens (tertiary/aromatic N) is 1. The molecular formula is C39H63ClF3NO3S. The minimum absolute atomic E-state index is 0.0390. The normalized spacial score (nSPS) is 11.4. The zero-order valence-corrected chi connectivity index (χ0v) is 33.4. The SMILES string of the molecule is CC.CCC(C)C.CCC(C)CC.CCCC(=O)c1cc(Cl)cc(CC(C)CC)c1O.COCc1cc(C(F)(F)F)cc2sc(C)nc12. The van der Waals surface area contributed by atoms with Gasteiger partial charge in [-0.1, -0.05) is 113 Å². The molecular weight excluding hydrogens is 655 g/mol. The van der Waals surface area contributed by atoms with Crippen molar-refractivity contribution in [2.45, 2.75) is 141 Å². The molecule has 0 aliphatic heterocycles. The predicted octanol–water partition coefficient (Wildman–Crippen LogP) is 13.9. The molecule has 0 saturated carbocycles. The number of Topliss-reactive ketones (excluding diaryl/α,β-unsaturated/α-hetero) is 1. The zero-order chi connectivity index (χ0) is 37.6. The minimum Gasteiger partial charge on any atom is -0.507 e. The number of aromatic hydroxyl groups is 1. The molecule has 1 unspecified atom stereocenters. The molecule has 2 aromatic carbocycles. The van der Waals surface area contributed by atoms with Crippen LogP contribution in [0.5, 0.6) is 5.75 Å². The number of thiazole rings is 1. The molecule has 276 valence electrons. The fraction of sp³-hybridized carbons (Fsp3) is 0.641. The lowest BCUT2D eigenvalue weighted by molar-refractivity contribution is -0.137. The van der Waals surface area contributed by atoms with Gasteiger partial charge in [0.15, 0.2) is 5.78 Å². The Hall–Kier alpha value is -2.16. The highest BCUT2D eigenvalue weighted by Gasteiger charge is 2.31. The third-order valence-corrected chi connectivity index (χ3v) is 8.85. The average molecular weight is 718 g/mol. The summed E-state index contributed by atoms with van der Waals surface area (Å²) in [5, 5.41) is 11.4. The Morgan fingerprint density at radius 3 is 1.88 bits per heavy atom. The summed E-state index contributed by atoms with van der Waals surface area (Å²) in [5.41, 5.74) is 1.56. The van der Waals surface area contributed by atoms with Gasteiger partial charge in [0, 0.05) is 24.1 Å². The van der Waals surface area contributed by atoms with Crippen molar-refractivity contribution in [3.05, 3.63) is 56.5 Å². The van der Waals surface area contributed by atoms with Gasteiger partial charge in [-0.25, -0.2) is 4.98 Å². The van der Waals surface area contributed by atoms with E-state index in [1.807, 2.05) is 20.8 Å². The smallest absolute Gasteiger partial charge is 0.416 e. The lowest BCUT2D eigenvalue weighted by Crippen LogP contribution is -2.06. The number of ether oxygens (including phenoxy) is 1.